The van der Waals surface area contributed by atoms with Crippen LogP contribution in [0.4, 0.5) is 5.69 Å². The molecule has 1 aromatic carbocycles. The van der Waals surface area contributed by atoms with Gasteiger partial charge in [-0.3, -0.25) is 0 Å². The standard InChI is InChI=1S/C12H16N2O/c1-14(7-2-3-8-15)12-6-4-5-11(9-12)10-13/h4-6,9,15H,2-3,7-8H2,1H3. The first-order chi connectivity index (χ1) is 7.27. The van der Waals surface area contributed by atoms with E-state index in [1.807, 2.05) is 25.2 Å². The lowest BCUT2D eigenvalue weighted by atomic mass is 10.2. The summed E-state index contributed by atoms with van der Waals surface area (Å²) in [6.07, 6.45) is 1.78. The zero-order chi connectivity index (χ0) is 11.1. The minimum atomic E-state index is 0.242. The molecule has 0 bridgehead atoms. The second-order valence-corrected chi connectivity index (χ2v) is 3.51. The Morgan fingerprint density at radius 3 is 2.87 bits per heavy atom. The summed E-state index contributed by atoms with van der Waals surface area (Å²) in [6.45, 7) is 1.14. The number of hydrogen-bond acceptors (Lipinski definition) is 3. The number of benzene rings is 1. The van der Waals surface area contributed by atoms with Crippen LogP contribution in [0.5, 0.6) is 0 Å². The number of hydrogen-bond donors (Lipinski definition) is 1. The molecule has 0 aliphatic carbocycles. The lowest BCUT2D eigenvalue weighted by Crippen LogP contribution is -2.18. The minimum Gasteiger partial charge on any atom is -0.396 e. The molecule has 1 N–H and O–H groups in total. The van der Waals surface area contributed by atoms with Crippen molar-refractivity contribution < 1.29 is 5.11 Å². The summed E-state index contributed by atoms with van der Waals surface area (Å²) >= 11 is 0. The van der Waals surface area contributed by atoms with Crippen molar-refractivity contribution in [3.8, 4) is 6.07 Å². The highest BCUT2D eigenvalue weighted by atomic mass is 16.2. The van der Waals surface area contributed by atoms with E-state index in [-0.39, 0.29) is 6.61 Å². The molecule has 0 saturated carbocycles. The van der Waals surface area contributed by atoms with Crippen molar-refractivity contribution in [1.82, 2.24) is 0 Å². The summed E-state index contributed by atoms with van der Waals surface area (Å²) in [5.74, 6) is 0. The van der Waals surface area contributed by atoms with Crippen LogP contribution in [0.25, 0.3) is 0 Å². The summed E-state index contributed by atoms with van der Waals surface area (Å²) in [5, 5.41) is 17.4. The van der Waals surface area contributed by atoms with Crippen molar-refractivity contribution in [3.05, 3.63) is 29.8 Å². The summed E-state index contributed by atoms with van der Waals surface area (Å²) in [4.78, 5) is 2.09. The van der Waals surface area contributed by atoms with Crippen molar-refractivity contribution in [1.29, 1.82) is 5.26 Å². The molecule has 0 amide bonds. The average Bonchev–Trinajstić information content (AvgIpc) is 2.29. The van der Waals surface area contributed by atoms with E-state index < -0.39 is 0 Å². The maximum Gasteiger partial charge on any atom is 0.0992 e. The molecule has 0 saturated heterocycles. The molecule has 15 heavy (non-hydrogen) atoms. The fourth-order valence-electron chi connectivity index (χ4n) is 1.40. The van der Waals surface area contributed by atoms with Gasteiger partial charge in [0.15, 0.2) is 0 Å². The molecule has 0 spiro atoms. The largest absolute Gasteiger partial charge is 0.396 e. The number of rotatable bonds is 5. The molecular formula is C12H16N2O. The Morgan fingerprint density at radius 2 is 2.20 bits per heavy atom. The van der Waals surface area contributed by atoms with E-state index in [2.05, 4.69) is 11.0 Å². The van der Waals surface area contributed by atoms with Gasteiger partial charge in [-0.25, -0.2) is 0 Å². The predicted octanol–water partition coefficient (Wildman–Crippen LogP) is 1.77. The summed E-state index contributed by atoms with van der Waals surface area (Å²) in [7, 11) is 1.99. The van der Waals surface area contributed by atoms with Gasteiger partial charge in [-0.1, -0.05) is 6.07 Å². The summed E-state index contributed by atoms with van der Waals surface area (Å²) < 4.78 is 0. The Balaban J connectivity index is 2.57. The van der Waals surface area contributed by atoms with Crippen LogP contribution in [-0.4, -0.2) is 25.3 Å². The number of aliphatic hydroxyl groups excluding tert-OH is 1. The summed E-state index contributed by atoms with van der Waals surface area (Å²) in [6, 6.07) is 9.66. The van der Waals surface area contributed by atoms with Crippen molar-refractivity contribution in [2.45, 2.75) is 12.8 Å². The van der Waals surface area contributed by atoms with E-state index in [4.69, 9.17) is 10.4 Å². The molecule has 3 heteroatoms. The number of unbranched alkanes of at least 4 members (excludes halogenated alkanes) is 1. The van der Waals surface area contributed by atoms with E-state index in [0.717, 1.165) is 25.1 Å². The van der Waals surface area contributed by atoms with Gasteiger partial charge < -0.3 is 10.0 Å². The van der Waals surface area contributed by atoms with E-state index in [9.17, 15) is 0 Å². The van der Waals surface area contributed by atoms with Gasteiger partial charge in [0.2, 0.25) is 0 Å². The van der Waals surface area contributed by atoms with Crippen molar-refractivity contribution in [3.63, 3.8) is 0 Å². The molecule has 0 radical (unpaired) electrons. The highest BCUT2D eigenvalue weighted by Gasteiger charge is 2.00. The Labute approximate surface area is 90.6 Å². The molecule has 0 unspecified atom stereocenters. The van der Waals surface area contributed by atoms with E-state index in [0.29, 0.717) is 5.56 Å². The molecule has 0 aromatic heterocycles. The van der Waals surface area contributed by atoms with Crippen molar-refractivity contribution in [2.75, 3.05) is 25.1 Å². The SMILES string of the molecule is CN(CCCCO)c1cccc(C#N)c1. The first kappa shape index (κ1) is 11.5. The number of anilines is 1. The molecule has 80 valence electrons. The normalized spacial score (nSPS) is 9.67. The van der Waals surface area contributed by atoms with Crippen molar-refractivity contribution >= 4 is 5.69 Å². The van der Waals surface area contributed by atoms with Crippen LogP contribution in [0, 0.1) is 11.3 Å². The lowest BCUT2D eigenvalue weighted by molar-refractivity contribution is 0.285. The lowest BCUT2D eigenvalue weighted by Gasteiger charge is -2.19. The van der Waals surface area contributed by atoms with Crippen LogP contribution in [0.3, 0.4) is 0 Å². The second kappa shape index (κ2) is 6.05. The first-order valence-corrected chi connectivity index (χ1v) is 5.10. The topological polar surface area (TPSA) is 47.3 Å². The number of nitrogens with zero attached hydrogens (tertiary/aromatic N) is 2. The van der Waals surface area contributed by atoms with Gasteiger partial charge in [-0.05, 0) is 31.0 Å². The molecule has 0 atom stereocenters. The van der Waals surface area contributed by atoms with Crippen LogP contribution in [0.2, 0.25) is 0 Å². The molecule has 0 aliphatic heterocycles. The fraction of sp³-hybridized carbons (Fsp3) is 0.417. The Hall–Kier alpha value is -1.53. The van der Waals surface area contributed by atoms with Crippen molar-refractivity contribution in [2.24, 2.45) is 0 Å². The first-order valence-electron chi connectivity index (χ1n) is 5.10. The van der Waals surface area contributed by atoms with Gasteiger partial charge in [0.1, 0.15) is 0 Å². The third kappa shape index (κ3) is 3.61. The highest BCUT2D eigenvalue weighted by Crippen LogP contribution is 2.14. The Morgan fingerprint density at radius 1 is 1.40 bits per heavy atom. The van der Waals surface area contributed by atoms with Gasteiger partial charge >= 0.3 is 0 Å². The van der Waals surface area contributed by atoms with Crippen LogP contribution >= 0.6 is 0 Å². The van der Waals surface area contributed by atoms with Gasteiger partial charge in [-0.15, -0.1) is 0 Å². The zero-order valence-electron chi connectivity index (χ0n) is 8.98. The average molecular weight is 204 g/mol. The van der Waals surface area contributed by atoms with E-state index >= 15 is 0 Å². The molecular weight excluding hydrogens is 188 g/mol. The molecule has 0 aliphatic rings. The van der Waals surface area contributed by atoms with E-state index in [1.54, 1.807) is 6.07 Å². The Kier molecular flexibility index (Phi) is 4.65. The predicted molar refractivity (Wildman–Crippen MR) is 60.7 cm³/mol. The highest BCUT2D eigenvalue weighted by molar-refractivity contribution is 5.50. The smallest absolute Gasteiger partial charge is 0.0992 e. The maximum absolute atomic E-state index is 8.76. The number of nitriles is 1. The fourth-order valence-corrected chi connectivity index (χ4v) is 1.40. The second-order valence-electron chi connectivity index (χ2n) is 3.51. The van der Waals surface area contributed by atoms with Gasteiger partial charge in [0, 0.05) is 25.9 Å². The zero-order valence-corrected chi connectivity index (χ0v) is 8.98. The van der Waals surface area contributed by atoms with Gasteiger partial charge in [0.05, 0.1) is 11.6 Å². The third-order valence-electron chi connectivity index (χ3n) is 2.32. The maximum atomic E-state index is 8.76. The molecule has 1 rings (SSSR count). The van der Waals surface area contributed by atoms with Crippen LogP contribution in [0.15, 0.2) is 24.3 Å². The molecule has 0 heterocycles. The molecule has 1 aromatic rings. The van der Waals surface area contributed by atoms with Crippen LogP contribution in [0.1, 0.15) is 18.4 Å². The quantitative estimate of drug-likeness (QED) is 0.743. The third-order valence-corrected chi connectivity index (χ3v) is 2.32. The van der Waals surface area contributed by atoms with Gasteiger partial charge in [-0.2, -0.15) is 5.26 Å². The summed E-state index contributed by atoms with van der Waals surface area (Å²) in [5.41, 5.74) is 1.73. The minimum absolute atomic E-state index is 0.242. The molecule has 3 nitrogen and oxygen atoms in total. The van der Waals surface area contributed by atoms with Gasteiger partial charge in [0.25, 0.3) is 0 Å². The Bertz CT molecular complexity index is 344. The van der Waals surface area contributed by atoms with Crippen LogP contribution < -0.4 is 4.90 Å². The monoisotopic (exact) mass is 204 g/mol. The van der Waals surface area contributed by atoms with Crippen LogP contribution in [-0.2, 0) is 0 Å². The van der Waals surface area contributed by atoms with E-state index in [1.165, 1.54) is 0 Å². The number of aliphatic hydroxyl groups is 1. The molecule has 0 fully saturated rings.